The fourth-order valence-corrected chi connectivity index (χ4v) is 4.52. The molecule has 1 aliphatic heterocycles. The molecule has 2 aromatic carbocycles. The van der Waals surface area contributed by atoms with Gasteiger partial charge in [0.25, 0.3) is 5.91 Å². The minimum Gasteiger partial charge on any atom is -0.497 e. The van der Waals surface area contributed by atoms with E-state index in [0.717, 1.165) is 25.1 Å². The molecule has 2 aromatic rings. The third-order valence-electron chi connectivity index (χ3n) is 6.98. The van der Waals surface area contributed by atoms with E-state index in [1.807, 2.05) is 31.2 Å². The molecule has 1 saturated carbocycles. The van der Waals surface area contributed by atoms with E-state index in [1.54, 1.807) is 30.2 Å². The average molecular weight is 496 g/mol. The fraction of sp³-hybridized carbons (Fsp3) is 0.500. The van der Waals surface area contributed by atoms with Crippen LogP contribution in [0.1, 0.15) is 42.6 Å². The van der Waals surface area contributed by atoms with E-state index in [0.29, 0.717) is 30.1 Å². The summed E-state index contributed by atoms with van der Waals surface area (Å²) < 4.78 is 11.7. The Morgan fingerprint density at radius 2 is 1.97 bits per heavy atom. The summed E-state index contributed by atoms with van der Waals surface area (Å²) in [6, 6.07) is 12.9. The Bertz CT molecular complexity index is 1070. The number of hydrogen-bond acceptors (Lipinski definition) is 6. The highest BCUT2D eigenvalue weighted by Gasteiger charge is 2.34. The summed E-state index contributed by atoms with van der Waals surface area (Å²) >= 11 is 0. The number of carbonyl (C=O) groups excluding carboxylic acids is 2. The van der Waals surface area contributed by atoms with Crippen molar-refractivity contribution in [3.05, 3.63) is 53.6 Å². The molecule has 0 spiro atoms. The number of ether oxygens (including phenoxy) is 2. The lowest BCUT2D eigenvalue weighted by Gasteiger charge is -2.38. The molecule has 4 rings (SSSR count). The maximum Gasteiger partial charge on any atom is 0.258 e. The number of likely N-dealkylation sites (N-methyl/N-ethyl adjacent to an activating group) is 1. The number of fused-ring (bicyclic) bond motifs is 1. The molecule has 0 radical (unpaired) electrons. The van der Waals surface area contributed by atoms with Crippen LogP contribution in [-0.2, 0) is 11.3 Å². The lowest BCUT2D eigenvalue weighted by Crippen LogP contribution is -2.49. The molecular formula is C28H37N3O5. The molecule has 3 atom stereocenters. The Labute approximate surface area is 213 Å². The van der Waals surface area contributed by atoms with Gasteiger partial charge in [0.1, 0.15) is 17.6 Å². The minimum atomic E-state index is -0.340. The molecule has 0 aromatic heterocycles. The number of aliphatic hydroxyl groups excluding tert-OH is 1. The molecule has 2 N–H and O–H groups in total. The zero-order chi connectivity index (χ0) is 25.8. The molecule has 36 heavy (non-hydrogen) atoms. The van der Waals surface area contributed by atoms with Gasteiger partial charge in [0, 0.05) is 37.2 Å². The Kier molecular flexibility index (Phi) is 8.16. The molecule has 194 valence electrons. The van der Waals surface area contributed by atoms with Crippen molar-refractivity contribution in [2.45, 2.75) is 45.4 Å². The summed E-state index contributed by atoms with van der Waals surface area (Å²) in [6.07, 6.45) is 1.63. The molecule has 1 fully saturated rings. The predicted molar refractivity (Wildman–Crippen MR) is 138 cm³/mol. The first-order chi connectivity index (χ1) is 17.3. The van der Waals surface area contributed by atoms with Crippen LogP contribution in [-0.4, -0.2) is 72.7 Å². The number of carbonyl (C=O) groups is 2. The van der Waals surface area contributed by atoms with Gasteiger partial charge in [0.2, 0.25) is 5.91 Å². The smallest absolute Gasteiger partial charge is 0.258 e. The molecule has 8 heteroatoms. The van der Waals surface area contributed by atoms with Crippen LogP contribution in [0, 0.1) is 11.8 Å². The summed E-state index contributed by atoms with van der Waals surface area (Å²) in [4.78, 5) is 29.8. The topological polar surface area (TPSA) is 91.3 Å². The predicted octanol–water partition coefficient (Wildman–Crippen LogP) is 3.40. The third kappa shape index (κ3) is 6.17. The van der Waals surface area contributed by atoms with Gasteiger partial charge >= 0.3 is 0 Å². The summed E-state index contributed by atoms with van der Waals surface area (Å²) in [5.74, 6) is 1.20. The highest BCUT2D eigenvalue weighted by molar-refractivity contribution is 6.00. The van der Waals surface area contributed by atoms with E-state index < -0.39 is 0 Å². The average Bonchev–Trinajstić information content (AvgIpc) is 3.72. The monoisotopic (exact) mass is 495 g/mol. The van der Waals surface area contributed by atoms with E-state index in [1.165, 1.54) is 5.56 Å². The molecule has 1 heterocycles. The van der Waals surface area contributed by atoms with Crippen molar-refractivity contribution in [1.82, 2.24) is 9.80 Å². The molecule has 8 nitrogen and oxygen atoms in total. The molecule has 0 unspecified atom stereocenters. The van der Waals surface area contributed by atoms with Gasteiger partial charge in [-0.15, -0.1) is 0 Å². The molecule has 1 aliphatic carbocycles. The van der Waals surface area contributed by atoms with Gasteiger partial charge in [-0.2, -0.15) is 0 Å². The Hall–Kier alpha value is -3.10. The van der Waals surface area contributed by atoms with Gasteiger partial charge in [-0.25, -0.2) is 0 Å². The van der Waals surface area contributed by atoms with Crippen molar-refractivity contribution in [1.29, 1.82) is 0 Å². The standard InChI is InChI=1S/C28H37N3O5/c1-18-14-31(19(2)17-32)28(34)24-13-22(29-27(33)21-7-8-21)9-12-25(24)36-26(18)16-30(3)15-20-5-10-23(35-4)11-6-20/h5-6,9-13,18-19,21,26,32H,7-8,14-17H2,1-4H3,(H,29,33)/t18-,19-,26+/m1/s1. The van der Waals surface area contributed by atoms with Crippen molar-refractivity contribution in [2.75, 3.05) is 39.2 Å². The van der Waals surface area contributed by atoms with E-state index in [-0.39, 0.29) is 42.4 Å². The Balaban J connectivity index is 1.56. The highest BCUT2D eigenvalue weighted by Crippen LogP contribution is 2.33. The van der Waals surface area contributed by atoms with Crippen molar-refractivity contribution in [3.63, 3.8) is 0 Å². The van der Waals surface area contributed by atoms with Crippen molar-refractivity contribution < 1.29 is 24.2 Å². The lowest BCUT2D eigenvalue weighted by atomic mass is 9.99. The first-order valence-corrected chi connectivity index (χ1v) is 12.6. The molecule has 0 bridgehead atoms. The normalized spacial score (nSPS) is 20.7. The Morgan fingerprint density at radius 3 is 2.61 bits per heavy atom. The number of aliphatic hydroxyl groups is 1. The van der Waals surface area contributed by atoms with Gasteiger partial charge in [-0.1, -0.05) is 19.1 Å². The number of methoxy groups -OCH3 is 1. The van der Waals surface area contributed by atoms with Gasteiger partial charge < -0.3 is 24.8 Å². The zero-order valence-corrected chi connectivity index (χ0v) is 21.6. The molecule has 0 saturated heterocycles. The summed E-state index contributed by atoms with van der Waals surface area (Å²) in [5.41, 5.74) is 2.15. The number of amides is 2. The van der Waals surface area contributed by atoms with E-state index in [4.69, 9.17) is 9.47 Å². The third-order valence-corrected chi connectivity index (χ3v) is 6.98. The van der Waals surface area contributed by atoms with Crippen LogP contribution in [0.4, 0.5) is 5.69 Å². The fourth-order valence-electron chi connectivity index (χ4n) is 4.52. The first-order valence-electron chi connectivity index (χ1n) is 12.6. The number of benzene rings is 2. The second kappa shape index (κ2) is 11.3. The number of nitrogens with zero attached hydrogens (tertiary/aromatic N) is 2. The second-order valence-corrected chi connectivity index (χ2v) is 10.1. The number of nitrogens with one attached hydrogen (secondary N) is 1. The quantitative estimate of drug-likeness (QED) is 0.554. The highest BCUT2D eigenvalue weighted by atomic mass is 16.5. The second-order valence-electron chi connectivity index (χ2n) is 10.1. The SMILES string of the molecule is COc1ccc(CN(C)C[C@@H]2Oc3ccc(NC(=O)C4CC4)cc3C(=O)N([C@H](C)CO)C[C@H]2C)cc1. The van der Waals surface area contributed by atoms with Crippen LogP contribution in [0.25, 0.3) is 0 Å². The maximum atomic E-state index is 13.5. The maximum absolute atomic E-state index is 13.5. The Morgan fingerprint density at radius 1 is 1.25 bits per heavy atom. The van der Waals surface area contributed by atoms with Crippen LogP contribution < -0.4 is 14.8 Å². The molecule has 2 amide bonds. The van der Waals surface area contributed by atoms with Crippen LogP contribution in [0.2, 0.25) is 0 Å². The van der Waals surface area contributed by atoms with E-state index in [2.05, 4.69) is 24.2 Å². The van der Waals surface area contributed by atoms with Crippen LogP contribution in [0.5, 0.6) is 11.5 Å². The summed E-state index contributed by atoms with van der Waals surface area (Å²) in [5, 5.41) is 12.8. The van der Waals surface area contributed by atoms with Crippen LogP contribution >= 0.6 is 0 Å². The van der Waals surface area contributed by atoms with Crippen molar-refractivity contribution in [2.24, 2.45) is 11.8 Å². The summed E-state index contributed by atoms with van der Waals surface area (Å²) in [7, 11) is 3.71. The number of hydrogen-bond donors (Lipinski definition) is 2. The minimum absolute atomic E-state index is 0.0126. The van der Waals surface area contributed by atoms with Gasteiger partial charge in [0.15, 0.2) is 0 Å². The molecule has 2 aliphatic rings. The van der Waals surface area contributed by atoms with Crippen molar-refractivity contribution >= 4 is 17.5 Å². The van der Waals surface area contributed by atoms with Crippen LogP contribution in [0.15, 0.2) is 42.5 Å². The summed E-state index contributed by atoms with van der Waals surface area (Å²) in [6.45, 7) is 5.64. The largest absolute Gasteiger partial charge is 0.497 e. The number of rotatable bonds is 9. The molecular weight excluding hydrogens is 458 g/mol. The van der Waals surface area contributed by atoms with Crippen molar-refractivity contribution in [3.8, 4) is 11.5 Å². The van der Waals surface area contributed by atoms with Crippen LogP contribution in [0.3, 0.4) is 0 Å². The van der Waals surface area contributed by atoms with E-state index in [9.17, 15) is 14.7 Å². The number of anilines is 1. The zero-order valence-electron chi connectivity index (χ0n) is 21.6. The first kappa shape index (κ1) is 26.0. The van der Waals surface area contributed by atoms with Gasteiger partial charge in [0.05, 0.1) is 25.3 Å². The van der Waals surface area contributed by atoms with E-state index >= 15 is 0 Å². The van der Waals surface area contributed by atoms with Gasteiger partial charge in [-0.05, 0) is 62.7 Å². The van der Waals surface area contributed by atoms with Gasteiger partial charge in [-0.3, -0.25) is 14.5 Å². The lowest BCUT2D eigenvalue weighted by molar-refractivity contribution is -0.117.